The summed E-state index contributed by atoms with van der Waals surface area (Å²) >= 11 is 0. The topological polar surface area (TPSA) is 78.4 Å². The van der Waals surface area contributed by atoms with Crippen LogP contribution in [0.3, 0.4) is 0 Å². The summed E-state index contributed by atoms with van der Waals surface area (Å²) in [6, 6.07) is 8.57. The average molecular weight is 290 g/mol. The van der Waals surface area contributed by atoms with Crippen LogP contribution in [-0.2, 0) is 4.79 Å². The molecule has 21 heavy (non-hydrogen) atoms. The largest absolute Gasteiger partial charge is 0.391 e. The molecular formula is C16H22N2O3. The third-order valence-electron chi connectivity index (χ3n) is 3.77. The summed E-state index contributed by atoms with van der Waals surface area (Å²) in [6.07, 6.45) is 4.13. The summed E-state index contributed by atoms with van der Waals surface area (Å²) in [6.45, 7) is -0.0725. The van der Waals surface area contributed by atoms with E-state index in [0.717, 1.165) is 32.1 Å². The van der Waals surface area contributed by atoms with E-state index < -0.39 is 6.10 Å². The molecule has 1 aromatic carbocycles. The fraction of sp³-hybridized carbons (Fsp3) is 0.500. The minimum absolute atomic E-state index is 0.0725. The van der Waals surface area contributed by atoms with Gasteiger partial charge in [0.25, 0.3) is 5.91 Å². The van der Waals surface area contributed by atoms with E-state index in [0.29, 0.717) is 5.56 Å². The maximum Gasteiger partial charge on any atom is 0.251 e. The van der Waals surface area contributed by atoms with Gasteiger partial charge in [0, 0.05) is 5.56 Å². The van der Waals surface area contributed by atoms with E-state index in [1.165, 1.54) is 0 Å². The Bertz CT molecular complexity index is 476. The van der Waals surface area contributed by atoms with E-state index in [4.69, 9.17) is 0 Å². The quantitative estimate of drug-likeness (QED) is 0.730. The van der Waals surface area contributed by atoms with E-state index >= 15 is 0 Å². The zero-order valence-electron chi connectivity index (χ0n) is 12.0. The van der Waals surface area contributed by atoms with E-state index in [1.807, 2.05) is 6.07 Å². The molecule has 114 valence electrons. The molecule has 0 saturated heterocycles. The molecule has 2 atom stereocenters. The van der Waals surface area contributed by atoms with Crippen molar-refractivity contribution in [1.82, 2.24) is 10.6 Å². The molecule has 0 radical (unpaired) electrons. The average Bonchev–Trinajstić information content (AvgIpc) is 2.71. The number of hydrogen-bond donors (Lipinski definition) is 3. The number of carbonyl (C=O) groups excluding carboxylic acids is 2. The Morgan fingerprint density at radius 2 is 1.81 bits per heavy atom. The summed E-state index contributed by atoms with van der Waals surface area (Å²) in [5.41, 5.74) is 0.528. The van der Waals surface area contributed by atoms with E-state index in [-0.39, 0.29) is 24.4 Å². The highest BCUT2D eigenvalue weighted by Gasteiger charge is 2.23. The van der Waals surface area contributed by atoms with Crippen molar-refractivity contribution in [2.24, 2.45) is 0 Å². The van der Waals surface area contributed by atoms with Gasteiger partial charge in [0.1, 0.15) is 0 Å². The molecule has 1 fully saturated rings. The van der Waals surface area contributed by atoms with Crippen molar-refractivity contribution in [3.8, 4) is 0 Å². The van der Waals surface area contributed by atoms with Crippen molar-refractivity contribution in [3.05, 3.63) is 35.9 Å². The molecule has 1 aliphatic carbocycles. The number of aliphatic hydroxyl groups excluding tert-OH is 1. The summed E-state index contributed by atoms with van der Waals surface area (Å²) in [7, 11) is 0. The molecule has 1 saturated carbocycles. The van der Waals surface area contributed by atoms with Crippen molar-refractivity contribution in [1.29, 1.82) is 0 Å². The van der Waals surface area contributed by atoms with E-state index in [2.05, 4.69) is 10.6 Å². The third-order valence-corrected chi connectivity index (χ3v) is 3.77. The van der Waals surface area contributed by atoms with Crippen LogP contribution in [-0.4, -0.2) is 35.6 Å². The number of amides is 2. The molecule has 5 heteroatoms. The Kier molecular flexibility index (Phi) is 5.75. The third kappa shape index (κ3) is 4.86. The molecule has 0 bridgehead atoms. The molecule has 0 aromatic heterocycles. The summed E-state index contributed by atoms with van der Waals surface area (Å²) < 4.78 is 0. The normalized spacial score (nSPS) is 22.1. The molecule has 1 aliphatic rings. The van der Waals surface area contributed by atoms with Gasteiger partial charge in [-0.25, -0.2) is 0 Å². The molecule has 1 aromatic rings. The predicted octanol–water partition coefficient (Wildman–Crippen LogP) is 1.23. The number of hydrogen-bond acceptors (Lipinski definition) is 3. The minimum Gasteiger partial charge on any atom is -0.391 e. The Morgan fingerprint density at radius 3 is 2.57 bits per heavy atom. The van der Waals surface area contributed by atoms with Gasteiger partial charge in [-0.3, -0.25) is 9.59 Å². The van der Waals surface area contributed by atoms with Gasteiger partial charge in [-0.1, -0.05) is 37.5 Å². The van der Waals surface area contributed by atoms with Crippen molar-refractivity contribution in [3.63, 3.8) is 0 Å². The second-order valence-electron chi connectivity index (χ2n) is 5.43. The number of benzene rings is 1. The van der Waals surface area contributed by atoms with Gasteiger partial charge in [0.05, 0.1) is 18.7 Å². The highest BCUT2D eigenvalue weighted by Crippen LogP contribution is 2.17. The number of nitrogens with one attached hydrogen (secondary N) is 2. The highest BCUT2D eigenvalue weighted by atomic mass is 16.3. The molecule has 3 N–H and O–H groups in total. The van der Waals surface area contributed by atoms with Crippen LogP contribution in [0.1, 0.15) is 42.5 Å². The first kappa shape index (κ1) is 15.5. The SMILES string of the molecule is O=C(CNC(=O)c1ccccc1)NC1CCCCCC1O. The first-order valence-electron chi connectivity index (χ1n) is 7.47. The van der Waals surface area contributed by atoms with Crippen LogP contribution in [0.5, 0.6) is 0 Å². The Labute approximate surface area is 124 Å². The summed E-state index contributed by atoms with van der Waals surface area (Å²) in [4.78, 5) is 23.7. The Hall–Kier alpha value is -1.88. The van der Waals surface area contributed by atoms with Crippen molar-refractivity contribution >= 4 is 11.8 Å². The number of rotatable bonds is 4. The van der Waals surface area contributed by atoms with Crippen LogP contribution in [0.4, 0.5) is 0 Å². The van der Waals surface area contributed by atoms with Gasteiger partial charge < -0.3 is 15.7 Å². The number of aliphatic hydroxyl groups is 1. The number of carbonyl (C=O) groups is 2. The first-order chi connectivity index (χ1) is 10.2. The minimum atomic E-state index is -0.485. The fourth-order valence-corrected chi connectivity index (χ4v) is 2.57. The van der Waals surface area contributed by atoms with Gasteiger partial charge in [-0.2, -0.15) is 0 Å². The van der Waals surface area contributed by atoms with Crippen LogP contribution in [0.25, 0.3) is 0 Å². The molecule has 2 rings (SSSR count). The lowest BCUT2D eigenvalue weighted by atomic mass is 10.1. The van der Waals surface area contributed by atoms with Crippen LogP contribution >= 0.6 is 0 Å². The lowest BCUT2D eigenvalue weighted by Crippen LogP contribution is -2.46. The van der Waals surface area contributed by atoms with Gasteiger partial charge in [-0.05, 0) is 25.0 Å². The van der Waals surface area contributed by atoms with Crippen molar-refractivity contribution in [2.45, 2.75) is 44.2 Å². The predicted molar refractivity (Wildman–Crippen MR) is 79.8 cm³/mol. The summed E-state index contributed by atoms with van der Waals surface area (Å²) in [5.74, 6) is -0.530. The van der Waals surface area contributed by atoms with Gasteiger partial charge in [-0.15, -0.1) is 0 Å². The van der Waals surface area contributed by atoms with Crippen molar-refractivity contribution in [2.75, 3.05) is 6.54 Å². The maximum atomic E-state index is 11.9. The lowest BCUT2D eigenvalue weighted by Gasteiger charge is -2.21. The van der Waals surface area contributed by atoms with E-state index in [9.17, 15) is 14.7 Å². The van der Waals surface area contributed by atoms with Crippen molar-refractivity contribution < 1.29 is 14.7 Å². The molecule has 5 nitrogen and oxygen atoms in total. The molecule has 0 spiro atoms. The zero-order valence-corrected chi connectivity index (χ0v) is 12.0. The fourth-order valence-electron chi connectivity index (χ4n) is 2.57. The van der Waals surface area contributed by atoms with Gasteiger partial charge >= 0.3 is 0 Å². The van der Waals surface area contributed by atoms with Crippen LogP contribution in [0.15, 0.2) is 30.3 Å². The second-order valence-corrected chi connectivity index (χ2v) is 5.43. The molecule has 0 heterocycles. The van der Waals surface area contributed by atoms with Crippen LogP contribution in [0, 0.1) is 0 Å². The van der Waals surface area contributed by atoms with Gasteiger partial charge in [0.15, 0.2) is 0 Å². The van der Waals surface area contributed by atoms with Gasteiger partial charge in [0.2, 0.25) is 5.91 Å². The Morgan fingerprint density at radius 1 is 1.10 bits per heavy atom. The zero-order chi connectivity index (χ0) is 15.1. The monoisotopic (exact) mass is 290 g/mol. The molecule has 0 aliphatic heterocycles. The Balaban J connectivity index is 1.78. The maximum absolute atomic E-state index is 11.9. The van der Waals surface area contributed by atoms with Crippen LogP contribution in [0.2, 0.25) is 0 Å². The highest BCUT2D eigenvalue weighted by molar-refractivity contribution is 5.96. The smallest absolute Gasteiger partial charge is 0.251 e. The summed E-state index contributed by atoms with van der Waals surface area (Å²) in [5, 5.41) is 15.3. The van der Waals surface area contributed by atoms with E-state index in [1.54, 1.807) is 24.3 Å². The second kappa shape index (κ2) is 7.78. The first-order valence-corrected chi connectivity index (χ1v) is 7.47. The lowest BCUT2D eigenvalue weighted by molar-refractivity contribution is -0.121. The molecular weight excluding hydrogens is 268 g/mol. The van der Waals surface area contributed by atoms with Crippen LogP contribution < -0.4 is 10.6 Å². The molecule has 2 amide bonds. The molecule has 2 unspecified atom stereocenters. The standard InChI is InChI=1S/C16H22N2O3/c19-14-10-6-2-5-9-13(14)18-15(20)11-17-16(21)12-7-3-1-4-8-12/h1,3-4,7-8,13-14,19H,2,5-6,9-11H2,(H,17,21)(H,18,20).